The lowest BCUT2D eigenvalue weighted by molar-refractivity contribution is -0.143. The van der Waals surface area contributed by atoms with E-state index in [9.17, 15) is 4.79 Å². The van der Waals surface area contributed by atoms with Crippen molar-refractivity contribution < 1.29 is 9.90 Å². The molecule has 2 atom stereocenters. The highest BCUT2D eigenvalue weighted by atomic mass is 16.4. The minimum absolute atomic E-state index is 0.165. The molecule has 0 heterocycles. The molecule has 0 radical (unpaired) electrons. The maximum Gasteiger partial charge on any atom is 0.306 e. The normalized spacial score (nSPS) is 22.8. The zero-order chi connectivity index (χ0) is 14.7. The van der Waals surface area contributed by atoms with Gasteiger partial charge in [0.1, 0.15) is 0 Å². The Morgan fingerprint density at radius 2 is 1.90 bits per heavy atom. The number of rotatable bonds is 4. The van der Waals surface area contributed by atoms with Crippen molar-refractivity contribution in [3.05, 3.63) is 34.4 Å². The summed E-state index contributed by atoms with van der Waals surface area (Å²) in [4.78, 5) is 11.1. The largest absolute Gasteiger partial charge is 0.481 e. The van der Waals surface area contributed by atoms with Gasteiger partial charge in [0.05, 0.1) is 5.92 Å². The van der Waals surface area contributed by atoms with Gasteiger partial charge in [0.25, 0.3) is 0 Å². The van der Waals surface area contributed by atoms with Gasteiger partial charge in [-0.15, -0.1) is 0 Å². The van der Waals surface area contributed by atoms with Gasteiger partial charge < -0.3 is 10.4 Å². The predicted molar refractivity (Wildman–Crippen MR) is 80.9 cm³/mol. The van der Waals surface area contributed by atoms with Crippen LogP contribution >= 0.6 is 0 Å². The summed E-state index contributed by atoms with van der Waals surface area (Å²) in [5.74, 6) is -0.805. The molecule has 3 nitrogen and oxygen atoms in total. The Labute approximate surface area is 121 Å². The smallest absolute Gasteiger partial charge is 0.306 e. The molecular weight excluding hydrogens is 250 g/mol. The number of nitrogens with one attached hydrogen (secondary N) is 1. The number of benzene rings is 1. The summed E-state index contributed by atoms with van der Waals surface area (Å²) >= 11 is 0. The van der Waals surface area contributed by atoms with Crippen LogP contribution in [0.25, 0.3) is 0 Å². The molecule has 2 unspecified atom stereocenters. The molecule has 0 spiro atoms. The van der Waals surface area contributed by atoms with Crippen LogP contribution in [0, 0.1) is 26.7 Å². The monoisotopic (exact) mass is 275 g/mol. The van der Waals surface area contributed by atoms with E-state index in [4.69, 9.17) is 5.11 Å². The Morgan fingerprint density at radius 3 is 2.50 bits per heavy atom. The first-order valence-electron chi connectivity index (χ1n) is 7.50. The number of hydrogen-bond donors (Lipinski definition) is 2. The van der Waals surface area contributed by atoms with Gasteiger partial charge in [-0.2, -0.15) is 0 Å². The minimum atomic E-state index is -0.640. The Kier molecular flexibility index (Phi) is 4.81. The summed E-state index contributed by atoms with van der Waals surface area (Å²) < 4.78 is 0. The van der Waals surface area contributed by atoms with E-state index >= 15 is 0 Å². The Morgan fingerprint density at radius 1 is 1.25 bits per heavy atom. The molecule has 0 saturated heterocycles. The molecule has 0 bridgehead atoms. The molecule has 1 saturated carbocycles. The quantitative estimate of drug-likeness (QED) is 0.886. The van der Waals surface area contributed by atoms with E-state index in [0.717, 1.165) is 32.2 Å². The summed E-state index contributed by atoms with van der Waals surface area (Å²) in [6.07, 6.45) is 3.70. The summed E-state index contributed by atoms with van der Waals surface area (Å²) in [5, 5.41) is 12.7. The van der Waals surface area contributed by atoms with Crippen LogP contribution in [-0.4, -0.2) is 17.1 Å². The van der Waals surface area contributed by atoms with E-state index in [1.807, 2.05) is 0 Å². The molecule has 110 valence electrons. The SMILES string of the molecule is Cc1cc(C)c(CNC2CCCC(C(=O)O)C2)c(C)c1. The number of aryl methyl sites for hydroxylation is 3. The average Bonchev–Trinajstić information content (AvgIpc) is 2.37. The van der Waals surface area contributed by atoms with Crippen LogP contribution in [0.5, 0.6) is 0 Å². The Balaban J connectivity index is 1.97. The molecule has 1 aromatic rings. The van der Waals surface area contributed by atoms with E-state index < -0.39 is 5.97 Å². The second-order valence-corrected chi connectivity index (χ2v) is 6.16. The number of carboxylic acid groups (broad SMARTS) is 1. The van der Waals surface area contributed by atoms with Crippen LogP contribution in [-0.2, 0) is 11.3 Å². The zero-order valence-corrected chi connectivity index (χ0v) is 12.7. The molecule has 0 aromatic heterocycles. The summed E-state index contributed by atoms with van der Waals surface area (Å²) in [6.45, 7) is 7.26. The number of hydrogen-bond acceptors (Lipinski definition) is 2. The van der Waals surface area contributed by atoms with Crippen molar-refractivity contribution in [1.29, 1.82) is 0 Å². The fourth-order valence-electron chi connectivity index (χ4n) is 3.33. The van der Waals surface area contributed by atoms with Gasteiger partial charge in [-0.3, -0.25) is 4.79 Å². The highest BCUT2D eigenvalue weighted by molar-refractivity contribution is 5.70. The van der Waals surface area contributed by atoms with E-state index in [-0.39, 0.29) is 5.92 Å². The fourth-order valence-corrected chi connectivity index (χ4v) is 3.33. The van der Waals surface area contributed by atoms with Crippen LogP contribution in [0.15, 0.2) is 12.1 Å². The minimum Gasteiger partial charge on any atom is -0.481 e. The lowest BCUT2D eigenvalue weighted by Gasteiger charge is -2.28. The van der Waals surface area contributed by atoms with Crippen LogP contribution < -0.4 is 5.32 Å². The maximum absolute atomic E-state index is 11.1. The molecule has 20 heavy (non-hydrogen) atoms. The molecule has 2 rings (SSSR count). The second-order valence-electron chi connectivity index (χ2n) is 6.16. The highest BCUT2D eigenvalue weighted by Crippen LogP contribution is 2.25. The number of aliphatic carboxylic acids is 1. The van der Waals surface area contributed by atoms with E-state index in [1.165, 1.54) is 22.3 Å². The molecule has 1 aliphatic rings. The van der Waals surface area contributed by atoms with Gasteiger partial charge in [-0.05, 0) is 56.7 Å². The van der Waals surface area contributed by atoms with E-state index in [2.05, 4.69) is 38.2 Å². The molecule has 0 amide bonds. The van der Waals surface area contributed by atoms with Gasteiger partial charge in [0.2, 0.25) is 0 Å². The van der Waals surface area contributed by atoms with E-state index in [1.54, 1.807) is 0 Å². The third-order valence-electron chi connectivity index (χ3n) is 4.43. The zero-order valence-electron chi connectivity index (χ0n) is 12.7. The molecular formula is C17H25NO2. The number of carbonyl (C=O) groups is 1. The highest BCUT2D eigenvalue weighted by Gasteiger charge is 2.26. The standard InChI is InChI=1S/C17H25NO2/c1-11-7-12(2)16(13(3)8-11)10-18-15-6-4-5-14(9-15)17(19)20/h7-8,14-15,18H,4-6,9-10H2,1-3H3,(H,19,20). The molecule has 2 N–H and O–H groups in total. The van der Waals surface area contributed by atoms with Gasteiger partial charge in [0, 0.05) is 12.6 Å². The van der Waals surface area contributed by atoms with Crippen molar-refractivity contribution in [3.8, 4) is 0 Å². The van der Waals surface area contributed by atoms with Gasteiger partial charge in [-0.25, -0.2) is 0 Å². The lowest BCUT2D eigenvalue weighted by atomic mass is 9.85. The first-order chi connectivity index (χ1) is 9.47. The van der Waals surface area contributed by atoms with Crippen LogP contribution in [0.2, 0.25) is 0 Å². The van der Waals surface area contributed by atoms with Crippen molar-refractivity contribution in [3.63, 3.8) is 0 Å². The fraction of sp³-hybridized carbons (Fsp3) is 0.588. The Bertz CT molecular complexity index is 473. The second kappa shape index (κ2) is 6.40. The van der Waals surface area contributed by atoms with Crippen molar-refractivity contribution in [2.75, 3.05) is 0 Å². The van der Waals surface area contributed by atoms with Gasteiger partial charge in [-0.1, -0.05) is 24.1 Å². The van der Waals surface area contributed by atoms with Crippen molar-refractivity contribution in [2.45, 2.75) is 59.0 Å². The van der Waals surface area contributed by atoms with Gasteiger partial charge in [0.15, 0.2) is 0 Å². The van der Waals surface area contributed by atoms with Crippen LogP contribution in [0.1, 0.15) is 47.9 Å². The third-order valence-corrected chi connectivity index (χ3v) is 4.43. The third kappa shape index (κ3) is 3.60. The predicted octanol–water partition coefficient (Wildman–Crippen LogP) is 3.34. The Hall–Kier alpha value is -1.35. The summed E-state index contributed by atoms with van der Waals surface area (Å²) in [5.41, 5.74) is 5.29. The summed E-state index contributed by atoms with van der Waals surface area (Å²) in [6, 6.07) is 4.76. The van der Waals surface area contributed by atoms with Gasteiger partial charge >= 0.3 is 5.97 Å². The molecule has 1 aromatic carbocycles. The van der Waals surface area contributed by atoms with E-state index in [0.29, 0.717) is 6.04 Å². The first kappa shape index (κ1) is 15.0. The maximum atomic E-state index is 11.1. The summed E-state index contributed by atoms with van der Waals surface area (Å²) in [7, 11) is 0. The molecule has 0 aliphatic heterocycles. The van der Waals surface area contributed by atoms with Crippen molar-refractivity contribution in [1.82, 2.24) is 5.32 Å². The van der Waals surface area contributed by atoms with Crippen LogP contribution in [0.4, 0.5) is 0 Å². The van der Waals surface area contributed by atoms with Crippen LogP contribution in [0.3, 0.4) is 0 Å². The molecule has 1 aliphatic carbocycles. The molecule has 1 fully saturated rings. The first-order valence-corrected chi connectivity index (χ1v) is 7.50. The lowest BCUT2D eigenvalue weighted by Crippen LogP contribution is -2.36. The van der Waals surface area contributed by atoms with Crippen molar-refractivity contribution in [2.24, 2.45) is 5.92 Å². The molecule has 3 heteroatoms. The van der Waals surface area contributed by atoms with Crippen molar-refractivity contribution >= 4 is 5.97 Å². The number of carboxylic acids is 1. The average molecular weight is 275 g/mol. The topological polar surface area (TPSA) is 49.3 Å².